The van der Waals surface area contributed by atoms with Crippen molar-refractivity contribution in [3.63, 3.8) is 0 Å². The standard InChI is InChI=1S/C16H14FN3OS/c17-11-3-6-15-13(9-11)14(7-8-22-15)19-20-16(21)10-1-4-12(18)5-2-10/h1-6,9H,7-8,18H2,(H,20,21)/b19-14+. The van der Waals surface area contributed by atoms with Crippen molar-refractivity contribution in [3.05, 3.63) is 59.4 Å². The molecule has 0 aromatic heterocycles. The first-order chi connectivity index (χ1) is 10.6. The summed E-state index contributed by atoms with van der Waals surface area (Å²) in [6.07, 6.45) is 0.684. The summed E-state index contributed by atoms with van der Waals surface area (Å²) in [5, 5.41) is 4.17. The van der Waals surface area contributed by atoms with E-state index < -0.39 is 0 Å². The van der Waals surface area contributed by atoms with Crippen LogP contribution in [0.3, 0.4) is 0 Å². The van der Waals surface area contributed by atoms with Gasteiger partial charge in [0.25, 0.3) is 5.91 Å². The Labute approximate surface area is 131 Å². The summed E-state index contributed by atoms with van der Waals surface area (Å²) in [6.45, 7) is 0. The number of amides is 1. The second-order valence-electron chi connectivity index (χ2n) is 4.86. The van der Waals surface area contributed by atoms with E-state index in [-0.39, 0.29) is 11.7 Å². The van der Waals surface area contributed by atoms with Crippen molar-refractivity contribution in [1.82, 2.24) is 5.43 Å². The van der Waals surface area contributed by atoms with Crippen LogP contribution in [0.15, 0.2) is 52.5 Å². The van der Waals surface area contributed by atoms with Crippen molar-refractivity contribution in [2.75, 3.05) is 11.5 Å². The van der Waals surface area contributed by atoms with Crippen molar-refractivity contribution in [3.8, 4) is 0 Å². The highest BCUT2D eigenvalue weighted by molar-refractivity contribution is 7.99. The SMILES string of the molecule is Nc1ccc(C(=O)N/N=C2\CCSc3ccc(F)cc32)cc1. The number of hydrazone groups is 1. The van der Waals surface area contributed by atoms with Gasteiger partial charge < -0.3 is 5.73 Å². The van der Waals surface area contributed by atoms with Gasteiger partial charge in [0.05, 0.1) is 5.71 Å². The molecule has 6 heteroatoms. The highest BCUT2D eigenvalue weighted by atomic mass is 32.2. The van der Waals surface area contributed by atoms with Crippen LogP contribution < -0.4 is 11.2 Å². The monoisotopic (exact) mass is 315 g/mol. The topological polar surface area (TPSA) is 67.5 Å². The summed E-state index contributed by atoms with van der Waals surface area (Å²) in [4.78, 5) is 13.0. The summed E-state index contributed by atoms with van der Waals surface area (Å²) in [6, 6.07) is 11.2. The molecule has 1 heterocycles. The predicted molar refractivity (Wildman–Crippen MR) is 86.6 cm³/mol. The van der Waals surface area contributed by atoms with E-state index in [9.17, 15) is 9.18 Å². The molecule has 0 bridgehead atoms. The molecule has 0 aliphatic carbocycles. The Balaban J connectivity index is 1.80. The molecule has 3 N–H and O–H groups in total. The van der Waals surface area contributed by atoms with Gasteiger partial charge in [0.15, 0.2) is 0 Å². The number of nitrogen functional groups attached to an aromatic ring is 1. The lowest BCUT2D eigenvalue weighted by molar-refractivity contribution is 0.0955. The maximum atomic E-state index is 13.4. The van der Waals surface area contributed by atoms with E-state index in [0.29, 0.717) is 23.4 Å². The molecule has 3 rings (SSSR count). The van der Waals surface area contributed by atoms with Crippen molar-refractivity contribution < 1.29 is 9.18 Å². The average Bonchev–Trinajstić information content (AvgIpc) is 2.53. The van der Waals surface area contributed by atoms with E-state index in [1.54, 1.807) is 42.1 Å². The average molecular weight is 315 g/mol. The number of thioether (sulfide) groups is 1. The Kier molecular flexibility index (Phi) is 4.11. The van der Waals surface area contributed by atoms with Gasteiger partial charge in [-0.1, -0.05) is 0 Å². The first-order valence-corrected chi connectivity index (χ1v) is 7.77. The third-order valence-electron chi connectivity index (χ3n) is 3.31. The fourth-order valence-corrected chi connectivity index (χ4v) is 3.19. The number of anilines is 1. The Bertz CT molecular complexity index is 744. The highest BCUT2D eigenvalue weighted by Crippen LogP contribution is 2.30. The van der Waals surface area contributed by atoms with Crippen LogP contribution >= 0.6 is 11.8 Å². The van der Waals surface area contributed by atoms with Crippen LogP contribution in [0.25, 0.3) is 0 Å². The van der Waals surface area contributed by atoms with Gasteiger partial charge in [-0.25, -0.2) is 9.82 Å². The normalized spacial score (nSPS) is 15.4. The van der Waals surface area contributed by atoms with E-state index in [2.05, 4.69) is 10.5 Å². The Morgan fingerprint density at radius 2 is 2.00 bits per heavy atom. The number of nitrogens with zero attached hydrogens (tertiary/aromatic N) is 1. The molecule has 0 saturated carbocycles. The predicted octanol–water partition coefficient (Wildman–Crippen LogP) is 3.04. The number of nitrogens with two attached hydrogens (primary N) is 1. The van der Waals surface area contributed by atoms with Crippen molar-refractivity contribution in [1.29, 1.82) is 0 Å². The molecule has 4 nitrogen and oxygen atoms in total. The minimum Gasteiger partial charge on any atom is -0.399 e. The van der Waals surface area contributed by atoms with Crippen LogP contribution in [-0.2, 0) is 0 Å². The number of hydrogen-bond acceptors (Lipinski definition) is 4. The third kappa shape index (κ3) is 3.12. The van der Waals surface area contributed by atoms with Gasteiger partial charge in [-0.15, -0.1) is 11.8 Å². The first kappa shape index (κ1) is 14.6. The van der Waals surface area contributed by atoms with Crippen LogP contribution in [0.2, 0.25) is 0 Å². The Morgan fingerprint density at radius 1 is 1.23 bits per heavy atom. The van der Waals surface area contributed by atoms with Gasteiger partial charge in [-0.3, -0.25) is 4.79 Å². The van der Waals surface area contributed by atoms with Gasteiger partial charge in [0.2, 0.25) is 0 Å². The van der Waals surface area contributed by atoms with E-state index in [0.717, 1.165) is 16.2 Å². The maximum absolute atomic E-state index is 13.4. The van der Waals surface area contributed by atoms with E-state index in [1.807, 2.05) is 0 Å². The number of rotatable bonds is 2. The first-order valence-electron chi connectivity index (χ1n) is 6.78. The number of fused-ring (bicyclic) bond motifs is 1. The molecule has 0 radical (unpaired) electrons. The molecular formula is C16H14FN3OS. The Morgan fingerprint density at radius 3 is 2.77 bits per heavy atom. The minimum absolute atomic E-state index is 0.307. The summed E-state index contributed by atoms with van der Waals surface area (Å²) in [5.41, 5.74) is 10.6. The van der Waals surface area contributed by atoms with Crippen molar-refractivity contribution in [2.24, 2.45) is 5.10 Å². The van der Waals surface area contributed by atoms with Crippen molar-refractivity contribution in [2.45, 2.75) is 11.3 Å². The summed E-state index contributed by atoms with van der Waals surface area (Å²) in [5.74, 6) is 0.234. The van der Waals surface area contributed by atoms with Crippen molar-refractivity contribution >= 4 is 29.1 Å². The molecule has 22 heavy (non-hydrogen) atoms. The van der Waals surface area contributed by atoms with Crippen LogP contribution in [0, 0.1) is 5.82 Å². The largest absolute Gasteiger partial charge is 0.399 e. The van der Waals surface area contributed by atoms with Gasteiger partial charge in [0, 0.05) is 33.9 Å². The molecule has 1 aliphatic rings. The molecule has 2 aromatic carbocycles. The quantitative estimate of drug-likeness (QED) is 0.661. The van der Waals surface area contributed by atoms with E-state index in [4.69, 9.17) is 5.73 Å². The number of hydrogen-bond donors (Lipinski definition) is 2. The molecule has 0 fully saturated rings. The molecule has 0 atom stereocenters. The number of carbonyl (C=O) groups is 1. The molecular weight excluding hydrogens is 301 g/mol. The number of carbonyl (C=O) groups excluding carboxylic acids is 1. The lowest BCUT2D eigenvalue weighted by atomic mass is 10.1. The molecule has 112 valence electrons. The lowest BCUT2D eigenvalue weighted by Gasteiger charge is -2.17. The minimum atomic E-state index is -0.316. The molecule has 0 spiro atoms. The molecule has 0 saturated heterocycles. The zero-order chi connectivity index (χ0) is 15.5. The molecule has 0 unspecified atom stereocenters. The summed E-state index contributed by atoms with van der Waals surface area (Å²) < 4.78 is 13.4. The molecule has 2 aromatic rings. The smallest absolute Gasteiger partial charge is 0.271 e. The van der Waals surface area contributed by atoms with Gasteiger partial charge in [-0.05, 0) is 42.5 Å². The van der Waals surface area contributed by atoms with Gasteiger partial charge in [0.1, 0.15) is 5.82 Å². The maximum Gasteiger partial charge on any atom is 0.271 e. The fourth-order valence-electron chi connectivity index (χ4n) is 2.18. The van der Waals surface area contributed by atoms with Crippen LogP contribution in [0.5, 0.6) is 0 Å². The van der Waals surface area contributed by atoms with Crippen LogP contribution in [-0.4, -0.2) is 17.4 Å². The van der Waals surface area contributed by atoms with Crippen LogP contribution in [0.4, 0.5) is 10.1 Å². The number of halogens is 1. The van der Waals surface area contributed by atoms with E-state index >= 15 is 0 Å². The third-order valence-corrected chi connectivity index (χ3v) is 4.39. The molecule has 1 aliphatic heterocycles. The van der Waals surface area contributed by atoms with Gasteiger partial charge in [-0.2, -0.15) is 5.10 Å². The zero-order valence-corrected chi connectivity index (χ0v) is 12.5. The lowest BCUT2D eigenvalue weighted by Crippen LogP contribution is -2.21. The second kappa shape index (κ2) is 6.19. The molecule has 1 amide bonds. The van der Waals surface area contributed by atoms with E-state index in [1.165, 1.54) is 12.1 Å². The summed E-state index contributed by atoms with van der Waals surface area (Å²) >= 11 is 1.66. The van der Waals surface area contributed by atoms with Crippen LogP contribution in [0.1, 0.15) is 22.3 Å². The highest BCUT2D eigenvalue weighted by Gasteiger charge is 2.17. The van der Waals surface area contributed by atoms with Gasteiger partial charge >= 0.3 is 0 Å². The zero-order valence-electron chi connectivity index (χ0n) is 11.7. The number of nitrogens with one attached hydrogen (secondary N) is 1. The summed E-state index contributed by atoms with van der Waals surface area (Å²) in [7, 11) is 0. The number of benzene rings is 2. The Hall–Kier alpha value is -2.34. The second-order valence-corrected chi connectivity index (χ2v) is 6.00. The fraction of sp³-hybridized carbons (Fsp3) is 0.125.